The van der Waals surface area contributed by atoms with Gasteiger partial charge in [0.05, 0.1) is 19.3 Å². The number of aromatic nitrogens is 5. The van der Waals surface area contributed by atoms with Crippen LogP contribution in [0.3, 0.4) is 0 Å². The van der Waals surface area contributed by atoms with E-state index in [0.29, 0.717) is 18.3 Å². The second-order valence-electron chi connectivity index (χ2n) is 6.76. The van der Waals surface area contributed by atoms with Crippen LogP contribution in [0.25, 0.3) is 17.1 Å². The van der Waals surface area contributed by atoms with E-state index in [9.17, 15) is 0 Å². The van der Waals surface area contributed by atoms with Crippen LogP contribution in [0.2, 0.25) is 0 Å². The molecule has 0 amide bonds. The van der Waals surface area contributed by atoms with Crippen LogP contribution in [0.4, 0.5) is 0 Å². The quantitative estimate of drug-likeness (QED) is 0.477. The molecule has 148 valence electrons. The molecule has 0 bridgehead atoms. The van der Waals surface area contributed by atoms with E-state index in [2.05, 4.69) is 44.2 Å². The Morgan fingerprint density at radius 1 is 1.10 bits per heavy atom. The molecule has 29 heavy (non-hydrogen) atoms. The molecule has 0 aliphatic heterocycles. The third kappa shape index (κ3) is 4.17. The van der Waals surface area contributed by atoms with Crippen molar-refractivity contribution in [3.63, 3.8) is 0 Å². The topological polar surface area (TPSA) is 82.1 Å². The molecule has 8 heteroatoms. The van der Waals surface area contributed by atoms with Crippen molar-refractivity contribution in [2.45, 2.75) is 19.5 Å². The van der Waals surface area contributed by atoms with Crippen molar-refractivity contribution in [1.29, 1.82) is 0 Å². The number of hydrogen-bond acceptors (Lipinski definition) is 7. The van der Waals surface area contributed by atoms with Crippen LogP contribution in [-0.4, -0.2) is 44.0 Å². The zero-order valence-corrected chi connectivity index (χ0v) is 16.6. The van der Waals surface area contributed by atoms with Crippen molar-refractivity contribution >= 4 is 0 Å². The van der Waals surface area contributed by atoms with Gasteiger partial charge in [0, 0.05) is 11.6 Å². The van der Waals surface area contributed by atoms with Gasteiger partial charge in [0.2, 0.25) is 11.7 Å². The molecule has 0 radical (unpaired) electrons. The van der Waals surface area contributed by atoms with Crippen LogP contribution in [0, 0.1) is 0 Å². The van der Waals surface area contributed by atoms with E-state index in [0.717, 1.165) is 17.0 Å². The van der Waals surface area contributed by atoms with Gasteiger partial charge in [-0.25, -0.2) is 9.67 Å². The van der Waals surface area contributed by atoms with Crippen LogP contribution in [0.1, 0.15) is 24.4 Å². The Bertz CT molecular complexity index is 1040. The Kier molecular flexibility index (Phi) is 5.35. The smallest absolute Gasteiger partial charge is 0.241 e. The normalized spacial score (nSPS) is 12.3. The predicted octanol–water partition coefficient (Wildman–Crippen LogP) is 3.52. The number of rotatable bonds is 7. The summed E-state index contributed by atoms with van der Waals surface area (Å²) in [6.07, 6.45) is 3.20. The third-order valence-electron chi connectivity index (χ3n) is 4.92. The predicted molar refractivity (Wildman–Crippen MR) is 108 cm³/mol. The summed E-state index contributed by atoms with van der Waals surface area (Å²) in [5.74, 6) is 1.94. The molecule has 0 spiro atoms. The summed E-state index contributed by atoms with van der Waals surface area (Å²) in [7, 11) is 3.67. The second-order valence-corrected chi connectivity index (χ2v) is 6.76. The maximum Gasteiger partial charge on any atom is 0.241 e. The molecule has 1 unspecified atom stereocenters. The lowest BCUT2D eigenvalue weighted by Gasteiger charge is -2.23. The van der Waals surface area contributed by atoms with E-state index in [1.165, 1.54) is 11.9 Å². The molecule has 1 atom stereocenters. The highest BCUT2D eigenvalue weighted by atomic mass is 16.5. The van der Waals surface area contributed by atoms with Crippen molar-refractivity contribution in [2.24, 2.45) is 0 Å². The van der Waals surface area contributed by atoms with Crippen molar-refractivity contribution < 1.29 is 9.26 Å². The Morgan fingerprint density at radius 3 is 2.52 bits per heavy atom. The standard InChI is InChI=1S/C21H22N6O2/c1-15(16-4-8-18(9-5-16)27-14-22-13-23-27)26(2)12-20-24-21(25-29-20)17-6-10-19(28-3)11-7-17/h4-11,13-15H,12H2,1-3H3. The van der Waals surface area contributed by atoms with Crippen LogP contribution >= 0.6 is 0 Å². The fourth-order valence-electron chi connectivity index (χ4n) is 3.03. The van der Waals surface area contributed by atoms with Gasteiger partial charge in [-0.1, -0.05) is 17.3 Å². The number of methoxy groups -OCH3 is 1. The first-order valence-electron chi connectivity index (χ1n) is 9.26. The SMILES string of the molecule is COc1ccc(-c2noc(CN(C)C(C)c3ccc(-n4cncn4)cc3)n2)cc1. The lowest BCUT2D eigenvalue weighted by atomic mass is 10.1. The monoisotopic (exact) mass is 390 g/mol. The molecule has 0 saturated heterocycles. The first-order valence-corrected chi connectivity index (χ1v) is 9.26. The minimum atomic E-state index is 0.177. The van der Waals surface area contributed by atoms with E-state index in [1.807, 2.05) is 43.4 Å². The van der Waals surface area contributed by atoms with Gasteiger partial charge in [-0.2, -0.15) is 10.1 Å². The third-order valence-corrected chi connectivity index (χ3v) is 4.92. The molecule has 4 aromatic rings. The maximum absolute atomic E-state index is 5.45. The minimum Gasteiger partial charge on any atom is -0.497 e. The Labute approximate surface area is 168 Å². The van der Waals surface area contributed by atoms with E-state index in [1.54, 1.807) is 18.1 Å². The molecular weight excluding hydrogens is 368 g/mol. The van der Waals surface area contributed by atoms with Gasteiger partial charge in [-0.3, -0.25) is 4.90 Å². The first kappa shape index (κ1) is 18.8. The zero-order chi connectivity index (χ0) is 20.2. The van der Waals surface area contributed by atoms with E-state index >= 15 is 0 Å². The number of hydrogen-bond donors (Lipinski definition) is 0. The lowest BCUT2D eigenvalue weighted by molar-refractivity contribution is 0.216. The maximum atomic E-state index is 5.45. The summed E-state index contributed by atoms with van der Waals surface area (Å²) in [5, 5.41) is 8.25. The van der Waals surface area contributed by atoms with Gasteiger partial charge >= 0.3 is 0 Å². The summed E-state index contributed by atoms with van der Waals surface area (Å²) in [5.41, 5.74) is 3.05. The minimum absolute atomic E-state index is 0.177. The van der Waals surface area contributed by atoms with Gasteiger partial charge in [0.15, 0.2) is 0 Å². The highest BCUT2D eigenvalue weighted by molar-refractivity contribution is 5.55. The average molecular weight is 390 g/mol. The molecular formula is C21H22N6O2. The van der Waals surface area contributed by atoms with Crippen LogP contribution < -0.4 is 4.74 Å². The Morgan fingerprint density at radius 2 is 1.86 bits per heavy atom. The molecule has 0 saturated carbocycles. The van der Waals surface area contributed by atoms with Crippen molar-refractivity contribution in [1.82, 2.24) is 29.8 Å². The zero-order valence-electron chi connectivity index (χ0n) is 16.6. The fourth-order valence-corrected chi connectivity index (χ4v) is 3.03. The van der Waals surface area contributed by atoms with E-state index in [4.69, 9.17) is 9.26 Å². The highest BCUT2D eigenvalue weighted by Gasteiger charge is 2.16. The van der Waals surface area contributed by atoms with E-state index < -0.39 is 0 Å². The largest absolute Gasteiger partial charge is 0.497 e. The summed E-state index contributed by atoms with van der Waals surface area (Å²) >= 11 is 0. The van der Waals surface area contributed by atoms with Gasteiger partial charge in [-0.15, -0.1) is 0 Å². The van der Waals surface area contributed by atoms with Gasteiger partial charge < -0.3 is 9.26 Å². The number of nitrogens with zero attached hydrogens (tertiary/aromatic N) is 6. The number of benzene rings is 2. The molecule has 2 heterocycles. The van der Waals surface area contributed by atoms with Crippen LogP contribution in [0.5, 0.6) is 5.75 Å². The Balaban J connectivity index is 1.42. The average Bonchev–Trinajstić information content (AvgIpc) is 3.46. The number of ether oxygens (including phenoxy) is 1. The fraction of sp³-hybridized carbons (Fsp3) is 0.238. The molecule has 4 rings (SSSR count). The van der Waals surface area contributed by atoms with Crippen molar-refractivity contribution in [3.8, 4) is 22.8 Å². The molecule has 0 aliphatic carbocycles. The first-order chi connectivity index (χ1) is 14.1. The van der Waals surface area contributed by atoms with Gasteiger partial charge in [-0.05, 0) is 55.9 Å². The van der Waals surface area contributed by atoms with Gasteiger partial charge in [0.1, 0.15) is 18.4 Å². The van der Waals surface area contributed by atoms with E-state index in [-0.39, 0.29) is 6.04 Å². The Hall–Kier alpha value is -3.52. The highest BCUT2D eigenvalue weighted by Crippen LogP contribution is 2.23. The van der Waals surface area contributed by atoms with Crippen LogP contribution in [-0.2, 0) is 6.54 Å². The summed E-state index contributed by atoms with van der Waals surface area (Å²) in [4.78, 5) is 10.7. The molecule has 0 aliphatic rings. The lowest BCUT2D eigenvalue weighted by Crippen LogP contribution is -2.22. The summed E-state index contributed by atoms with van der Waals surface area (Å²) in [6.45, 7) is 2.69. The summed E-state index contributed by atoms with van der Waals surface area (Å²) < 4.78 is 12.4. The van der Waals surface area contributed by atoms with Gasteiger partial charge in [0.25, 0.3) is 0 Å². The van der Waals surface area contributed by atoms with Crippen molar-refractivity contribution in [2.75, 3.05) is 14.2 Å². The molecule has 2 aromatic carbocycles. The molecule has 0 fully saturated rings. The molecule has 8 nitrogen and oxygen atoms in total. The van der Waals surface area contributed by atoms with Crippen molar-refractivity contribution in [3.05, 3.63) is 72.6 Å². The second kappa shape index (κ2) is 8.24. The molecule has 0 N–H and O–H groups in total. The molecule has 2 aromatic heterocycles. The van der Waals surface area contributed by atoms with Crippen LogP contribution in [0.15, 0.2) is 65.7 Å². The summed E-state index contributed by atoms with van der Waals surface area (Å²) in [6, 6.07) is 16.0.